The van der Waals surface area contributed by atoms with Crippen LogP contribution in [0.15, 0.2) is 54.6 Å². The normalized spacial score (nSPS) is 28.0. The Morgan fingerprint density at radius 3 is 1.91 bits per heavy atom. The topological polar surface area (TPSA) is 9.23 Å². The minimum atomic E-state index is -1.93. The van der Waals surface area contributed by atoms with Gasteiger partial charge in [0.1, 0.15) is 5.75 Å². The number of hydrogen-bond donors (Lipinski definition) is 0. The van der Waals surface area contributed by atoms with Crippen LogP contribution in [0.25, 0.3) is 21.9 Å². The van der Waals surface area contributed by atoms with Crippen molar-refractivity contribution in [3.8, 4) is 16.9 Å². The smallest absolute Gasteiger partial charge is 0.250 e. The molecule has 184 valence electrons. The highest BCUT2D eigenvalue weighted by atomic mass is 28.4. The number of hydrogen-bond acceptors (Lipinski definition) is 1. The molecule has 0 heterocycles. The predicted molar refractivity (Wildman–Crippen MR) is 152 cm³/mol. The van der Waals surface area contributed by atoms with Gasteiger partial charge in [-0.1, -0.05) is 62.7 Å². The second-order valence-electron chi connectivity index (χ2n) is 13.8. The van der Waals surface area contributed by atoms with Crippen molar-refractivity contribution in [1.82, 2.24) is 0 Å². The molecule has 0 amide bonds. The van der Waals surface area contributed by atoms with Gasteiger partial charge < -0.3 is 4.43 Å². The molecule has 3 aromatic carbocycles. The lowest BCUT2D eigenvalue weighted by Crippen LogP contribution is -2.49. The Morgan fingerprint density at radius 2 is 1.29 bits per heavy atom. The van der Waals surface area contributed by atoms with E-state index in [4.69, 9.17) is 4.43 Å². The fourth-order valence-electron chi connectivity index (χ4n) is 7.63. The molecule has 0 N–H and O–H groups in total. The zero-order chi connectivity index (χ0) is 24.6. The van der Waals surface area contributed by atoms with E-state index < -0.39 is 8.32 Å². The summed E-state index contributed by atoms with van der Waals surface area (Å²) in [5.41, 5.74) is 5.84. The van der Waals surface area contributed by atoms with Crippen LogP contribution in [0.4, 0.5) is 0 Å². The predicted octanol–water partition coefficient (Wildman–Crippen LogP) is 9.67. The van der Waals surface area contributed by atoms with E-state index in [1.54, 1.807) is 0 Å². The van der Waals surface area contributed by atoms with Crippen LogP contribution in [0.5, 0.6) is 5.75 Å². The summed E-state index contributed by atoms with van der Waals surface area (Å²) < 4.78 is 7.10. The van der Waals surface area contributed by atoms with Crippen LogP contribution in [0, 0.1) is 24.7 Å². The molecule has 3 aromatic rings. The Bertz CT molecular complexity index is 1240. The number of rotatable bonds is 4. The maximum absolute atomic E-state index is 7.10. The van der Waals surface area contributed by atoms with Crippen molar-refractivity contribution >= 4 is 19.1 Å². The molecule has 4 aliphatic carbocycles. The third-order valence-electron chi connectivity index (χ3n) is 10.1. The minimum absolute atomic E-state index is 0.195. The molecule has 0 atom stereocenters. The Labute approximate surface area is 213 Å². The molecule has 0 spiro atoms. The largest absolute Gasteiger partial charge is 0.543 e. The van der Waals surface area contributed by atoms with E-state index in [1.165, 1.54) is 77.3 Å². The molecule has 0 saturated heterocycles. The molecule has 1 nitrogen and oxygen atoms in total. The third-order valence-corrected chi connectivity index (χ3v) is 14.4. The van der Waals surface area contributed by atoms with Gasteiger partial charge in [-0.3, -0.25) is 0 Å². The first-order valence-electron chi connectivity index (χ1n) is 13.9. The molecule has 0 aromatic heterocycles. The quantitative estimate of drug-likeness (QED) is 0.336. The Morgan fingerprint density at radius 1 is 0.743 bits per heavy atom. The van der Waals surface area contributed by atoms with Gasteiger partial charge >= 0.3 is 0 Å². The van der Waals surface area contributed by atoms with Crippen molar-refractivity contribution in [3.05, 3.63) is 65.7 Å². The monoisotopic (exact) mass is 482 g/mol. The number of aryl methyl sites for hydroxylation is 1. The molecule has 0 unspecified atom stereocenters. The van der Waals surface area contributed by atoms with Crippen LogP contribution in [0.1, 0.15) is 70.4 Å². The summed E-state index contributed by atoms with van der Waals surface area (Å²) in [6.45, 7) is 14.0. The van der Waals surface area contributed by atoms with Crippen molar-refractivity contribution in [2.45, 2.75) is 89.8 Å². The lowest BCUT2D eigenvalue weighted by Gasteiger charge is -2.57. The zero-order valence-electron chi connectivity index (χ0n) is 22.6. The van der Waals surface area contributed by atoms with E-state index in [-0.39, 0.29) is 5.04 Å². The van der Waals surface area contributed by atoms with Crippen molar-refractivity contribution < 1.29 is 4.43 Å². The molecule has 0 aliphatic heterocycles. The molecular weight excluding hydrogens is 440 g/mol. The van der Waals surface area contributed by atoms with Crippen molar-refractivity contribution in [3.63, 3.8) is 0 Å². The lowest BCUT2D eigenvalue weighted by atomic mass is 9.48. The van der Waals surface area contributed by atoms with Crippen LogP contribution in [-0.4, -0.2) is 8.32 Å². The Balaban J connectivity index is 1.47. The van der Waals surface area contributed by atoms with E-state index in [9.17, 15) is 0 Å². The number of benzene rings is 3. The maximum atomic E-state index is 7.10. The van der Waals surface area contributed by atoms with Gasteiger partial charge in [0.25, 0.3) is 0 Å². The first-order valence-corrected chi connectivity index (χ1v) is 16.8. The van der Waals surface area contributed by atoms with Crippen molar-refractivity contribution in [2.75, 3.05) is 0 Å². The Hall–Kier alpha value is -2.06. The van der Waals surface area contributed by atoms with Gasteiger partial charge in [0.15, 0.2) is 0 Å². The standard InChI is InChI=1S/C33H42OSi/c1-22-7-8-27-17-28(10-9-26(27)13-22)29-11-12-31(34-35(5,6)32(2,3)4)30(18-29)33-19-23-14-24(20-33)16-25(15-23)21-33/h7-13,17-18,23-25H,14-16,19-21H2,1-6H3. The molecule has 4 bridgehead atoms. The summed E-state index contributed by atoms with van der Waals surface area (Å²) in [6.07, 6.45) is 8.53. The van der Waals surface area contributed by atoms with Crippen LogP contribution >= 0.6 is 0 Å². The average Bonchev–Trinajstić information content (AvgIpc) is 2.77. The van der Waals surface area contributed by atoms with Gasteiger partial charge in [0, 0.05) is 0 Å². The van der Waals surface area contributed by atoms with Gasteiger partial charge in [0.05, 0.1) is 0 Å². The fourth-order valence-corrected chi connectivity index (χ4v) is 8.66. The molecule has 4 fully saturated rings. The van der Waals surface area contributed by atoms with Crippen LogP contribution < -0.4 is 4.43 Å². The van der Waals surface area contributed by atoms with Gasteiger partial charge in [-0.25, -0.2) is 0 Å². The van der Waals surface area contributed by atoms with Gasteiger partial charge in [0.2, 0.25) is 8.32 Å². The zero-order valence-corrected chi connectivity index (χ0v) is 23.6. The van der Waals surface area contributed by atoms with Crippen LogP contribution in [0.3, 0.4) is 0 Å². The summed E-state index contributed by atoms with van der Waals surface area (Å²) in [4.78, 5) is 0. The molecule has 0 radical (unpaired) electrons. The molecule has 35 heavy (non-hydrogen) atoms. The van der Waals surface area contributed by atoms with E-state index in [2.05, 4.69) is 95.4 Å². The first kappa shape index (κ1) is 23.3. The van der Waals surface area contributed by atoms with Crippen LogP contribution in [-0.2, 0) is 5.41 Å². The fraction of sp³-hybridized carbons (Fsp3) is 0.515. The summed E-state index contributed by atoms with van der Waals surface area (Å²) >= 11 is 0. The van der Waals surface area contributed by atoms with E-state index >= 15 is 0 Å². The van der Waals surface area contributed by atoms with E-state index in [0.717, 1.165) is 17.8 Å². The van der Waals surface area contributed by atoms with E-state index in [1.807, 2.05) is 0 Å². The highest BCUT2D eigenvalue weighted by Gasteiger charge is 2.53. The highest BCUT2D eigenvalue weighted by Crippen LogP contribution is 2.62. The van der Waals surface area contributed by atoms with E-state index in [0.29, 0.717) is 5.41 Å². The molecule has 4 aliphatic rings. The molecule has 4 saturated carbocycles. The highest BCUT2D eigenvalue weighted by molar-refractivity contribution is 6.74. The van der Waals surface area contributed by atoms with Gasteiger partial charge in [-0.2, -0.15) is 0 Å². The average molecular weight is 483 g/mol. The van der Waals surface area contributed by atoms with Gasteiger partial charge in [-0.15, -0.1) is 0 Å². The first-order chi connectivity index (χ1) is 16.5. The summed E-state index contributed by atoms with van der Waals surface area (Å²) in [7, 11) is -1.93. The molecular formula is C33H42OSi. The summed E-state index contributed by atoms with van der Waals surface area (Å²) in [5.74, 6) is 3.97. The number of fused-ring (bicyclic) bond motifs is 1. The van der Waals surface area contributed by atoms with Crippen LogP contribution in [0.2, 0.25) is 18.1 Å². The van der Waals surface area contributed by atoms with Crippen molar-refractivity contribution in [2.24, 2.45) is 17.8 Å². The summed E-state index contributed by atoms with van der Waals surface area (Å²) in [6, 6.07) is 21.0. The minimum Gasteiger partial charge on any atom is -0.543 e. The summed E-state index contributed by atoms with van der Waals surface area (Å²) in [5, 5.41) is 2.85. The third kappa shape index (κ3) is 4.06. The Kier molecular flexibility index (Phi) is 5.31. The molecule has 2 heteroatoms. The second-order valence-corrected chi connectivity index (χ2v) is 18.6. The second kappa shape index (κ2) is 7.97. The SMILES string of the molecule is Cc1ccc2cc(-c3ccc(O[Si](C)(C)C(C)(C)C)c(C45CC6CC(CC(C6)C4)C5)c3)ccc2c1. The lowest BCUT2D eigenvalue weighted by molar-refractivity contribution is -0.00584. The van der Waals surface area contributed by atoms with Gasteiger partial charge in [-0.05, 0) is 132 Å². The molecule has 7 rings (SSSR count). The van der Waals surface area contributed by atoms with Crippen molar-refractivity contribution in [1.29, 1.82) is 0 Å². The maximum Gasteiger partial charge on any atom is 0.250 e.